The number of para-hydroxylation sites is 2. The van der Waals surface area contributed by atoms with E-state index in [1.54, 1.807) is 0 Å². The van der Waals surface area contributed by atoms with Crippen LogP contribution >= 0.6 is 11.6 Å². The van der Waals surface area contributed by atoms with Crippen molar-refractivity contribution < 1.29 is 14.2 Å². The summed E-state index contributed by atoms with van der Waals surface area (Å²) in [6.07, 6.45) is 0.726. The third-order valence-corrected chi connectivity index (χ3v) is 3.42. The van der Waals surface area contributed by atoms with E-state index in [1.807, 2.05) is 49.4 Å². The van der Waals surface area contributed by atoms with Crippen LogP contribution in [-0.4, -0.2) is 26.4 Å². The molecule has 0 aliphatic heterocycles. The highest BCUT2D eigenvalue weighted by Crippen LogP contribution is 2.26. The molecule has 0 unspecified atom stereocenters. The minimum absolute atomic E-state index is 0.425. The fraction of sp³-hybridized carbons (Fsp3) is 0.333. The normalized spacial score (nSPS) is 10.4. The molecule has 0 aromatic heterocycles. The Hall–Kier alpha value is -1.91. The molecule has 0 aliphatic rings. The van der Waals surface area contributed by atoms with Gasteiger partial charge in [0.05, 0.1) is 6.61 Å². The number of rotatable bonds is 9. The smallest absolute Gasteiger partial charge is 0.161 e. The summed E-state index contributed by atoms with van der Waals surface area (Å²) in [5.41, 5.74) is 6.63. The summed E-state index contributed by atoms with van der Waals surface area (Å²) < 4.78 is 17.0. The number of hydrogen-bond donors (Lipinski definition) is 1. The Bertz CT molecular complexity index is 619. The lowest BCUT2D eigenvalue weighted by molar-refractivity contribution is 0.207. The summed E-state index contributed by atoms with van der Waals surface area (Å²) in [6, 6.07) is 13.2. The second kappa shape index (κ2) is 9.28. The van der Waals surface area contributed by atoms with Gasteiger partial charge in [0.15, 0.2) is 11.5 Å². The maximum absolute atomic E-state index is 6.01. The maximum Gasteiger partial charge on any atom is 0.161 e. The molecule has 23 heavy (non-hydrogen) atoms. The van der Waals surface area contributed by atoms with E-state index in [0.29, 0.717) is 31.4 Å². The lowest BCUT2D eigenvalue weighted by Crippen LogP contribution is -2.11. The standard InChI is InChI=1S/C18H22ClNO3/c1-2-21-17-5-3-4-6-18(17)23-12-11-22-16-8-7-15(19)13-14(16)9-10-20/h3-8,13H,2,9-12,20H2,1H3. The Labute approximate surface area is 142 Å². The molecule has 0 spiro atoms. The number of hydrogen-bond acceptors (Lipinski definition) is 4. The predicted molar refractivity (Wildman–Crippen MR) is 92.8 cm³/mol. The Morgan fingerprint density at radius 2 is 1.57 bits per heavy atom. The van der Waals surface area contributed by atoms with E-state index < -0.39 is 0 Å². The van der Waals surface area contributed by atoms with Crippen LogP contribution < -0.4 is 19.9 Å². The lowest BCUT2D eigenvalue weighted by atomic mass is 10.1. The van der Waals surface area contributed by atoms with Gasteiger partial charge in [0.25, 0.3) is 0 Å². The molecule has 2 N–H and O–H groups in total. The van der Waals surface area contributed by atoms with Gasteiger partial charge in [-0.3, -0.25) is 0 Å². The van der Waals surface area contributed by atoms with Gasteiger partial charge in [0.1, 0.15) is 19.0 Å². The molecule has 0 radical (unpaired) electrons. The highest BCUT2D eigenvalue weighted by molar-refractivity contribution is 6.30. The van der Waals surface area contributed by atoms with E-state index in [0.717, 1.165) is 29.2 Å². The van der Waals surface area contributed by atoms with E-state index in [4.69, 9.17) is 31.5 Å². The first-order valence-corrected chi connectivity index (χ1v) is 8.08. The second-order valence-electron chi connectivity index (χ2n) is 4.87. The van der Waals surface area contributed by atoms with Gasteiger partial charge >= 0.3 is 0 Å². The fourth-order valence-electron chi connectivity index (χ4n) is 2.19. The van der Waals surface area contributed by atoms with Crippen molar-refractivity contribution in [1.29, 1.82) is 0 Å². The van der Waals surface area contributed by atoms with Gasteiger partial charge in [0, 0.05) is 5.02 Å². The third-order valence-electron chi connectivity index (χ3n) is 3.18. The molecule has 5 heteroatoms. The average Bonchev–Trinajstić information content (AvgIpc) is 2.55. The summed E-state index contributed by atoms with van der Waals surface area (Å²) >= 11 is 6.01. The van der Waals surface area contributed by atoms with Gasteiger partial charge in [0.2, 0.25) is 0 Å². The molecule has 0 saturated carbocycles. The Morgan fingerprint density at radius 1 is 0.913 bits per heavy atom. The number of halogens is 1. The van der Waals surface area contributed by atoms with Gasteiger partial charge in [-0.15, -0.1) is 0 Å². The van der Waals surface area contributed by atoms with Crippen molar-refractivity contribution in [2.75, 3.05) is 26.4 Å². The van der Waals surface area contributed by atoms with Crippen LogP contribution in [0, 0.1) is 0 Å². The molecule has 124 valence electrons. The summed E-state index contributed by atoms with van der Waals surface area (Å²) in [6.45, 7) is 3.95. The molecule has 2 aromatic carbocycles. The van der Waals surface area contributed by atoms with E-state index in [2.05, 4.69) is 0 Å². The summed E-state index contributed by atoms with van der Waals surface area (Å²) in [7, 11) is 0. The van der Waals surface area contributed by atoms with Crippen LogP contribution in [0.5, 0.6) is 17.2 Å². The minimum atomic E-state index is 0.425. The summed E-state index contributed by atoms with van der Waals surface area (Å²) in [5.74, 6) is 2.25. The zero-order valence-electron chi connectivity index (χ0n) is 13.3. The third kappa shape index (κ3) is 5.34. The first-order chi connectivity index (χ1) is 11.2. The highest BCUT2D eigenvalue weighted by atomic mass is 35.5. The van der Waals surface area contributed by atoms with Crippen LogP contribution in [-0.2, 0) is 6.42 Å². The van der Waals surface area contributed by atoms with Gasteiger partial charge in [-0.1, -0.05) is 23.7 Å². The highest BCUT2D eigenvalue weighted by Gasteiger charge is 2.06. The molecule has 0 fully saturated rings. The van der Waals surface area contributed by atoms with Crippen LogP contribution in [0.1, 0.15) is 12.5 Å². The molecular formula is C18H22ClNO3. The van der Waals surface area contributed by atoms with Crippen LogP contribution in [0.2, 0.25) is 5.02 Å². The first kappa shape index (κ1) is 17.4. The van der Waals surface area contributed by atoms with Crippen molar-refractivity contribution in [3.63, 3.8) is 0 Å². The van der Waals surface area contributed by atoms with Crippen LogP contribution in [0.25, 0.3) is 0 Å². The lowest BCUT2D eigenvalue weighted by Gasteiger charge is -2.14. The van der Waals surface area contributed by atoms with Crippen LogP contribution in [0.4, 0.5) is 0 Å². The molecule has 2 rings (SSSR count). The van der Waals surface area contributed by atoms with Crippen molar-refractivity contribution in [3.8, 4) is 17.2 Å². The Kier molecular flexibility index (Phi) is 7.04. The van der Waals surface area contributed by atoms with Crippen molar-refractivity contribution >= 4 is 11.6 Å². The summed E-state index contributed by atoms with van der Waals surface area (Å²) in [4.78, 5) is 0. The van der Waals surface area contributed by atoms with Crippen LogP contribution in [0.3, 0.4) is 0 Å². The zero-order valence-corrected chi connectivity index (χ0v) is 14.0. The zero-order chi connectivity index (χ0) is 16.5. The fourth-order valence-corrected chi connectivity index (χ4v) is 2.38. The monoisotopic (exact) mass is 335 g/mol. The van der Waals surface area contributed by atoms with Gasteiger partial charge in [-0.05, 0) is 55.8 Å². The Morgan fingerprint density at radius 3 is 2.22 bits per heavy atom. The molecule has 0 atom stereocenters. The quantitative estimate of drug-likeness (QED) is 0.710. The van der Waals surface area contributed by atoms with E-state index >= 15 is 0 Å². The second-order valence-corrected chi connectivity index (χ2v) is 5.30. The molecular weight excluding hydrogens is 314 g/mol. The SMILES string of the molecule is CCOc1ccccc1OCCOc1ccc(Cl)cc1CCN. The average molecular weight is 336 g/mol. The maximum atomic E-state index is 6.01. The molecule has 4 nitrogen and oxygen atoms in total. The Balaban J connectivity index is 1.88. The van der Waals surface area contributed by atoms with E-state index in [9.17, 15) is 0 Å². The van der Waals surface area contributed by atoms with Crippen molar-refractivity contribution in [2.24, 2.45) is 5.73 Å². The van der Waals surface area contributed by atoms with Gasteiger partial charge in [-0.25, -0.2) is 0 Å². The largest absolute Gasteiger partial charge is 0.490 e. The number of nitrogens with two attached hydrogens (primary N) is 1. The molecule has 0 aliphatic carbocycles. The predicted octanol–water partition coefficient (Wildman–Crippen LogP) is 3.70. The topological polar surface area (TPSA) is 53.7 Å². The van der Waals surface area contributed by atoms with Crippen LogP contribution in [0.15, 0.2) is 42.5 Å². The van der Waals surface area contributed by atoms with Crippen molar-refractivity contribution in [3.05, 3.63) is 53.1 Å². The summed E-state index contributed by atoms with van der Waals surface area (Å²) in [5, 5.41) is 0.683. The first-order valence-electron chi connectivity index (χ1n) is 7.70. The van der Waals surface area contributed by atoms with Gasteiger partial charge in [-0.2, -0.15) is 0 Å². The minimum Gasteiger partial charge on any atom is -0.490 e. The molecule has 2 aromatic rings. The molecule has 0 heterocycles. The number of ether oxygens (including phenoxy) is 3. The molecule has 0 bridgehead atoms. The number of benzene rings is 2. The van der Waals surface area contributed by atoms with E-state index in [1.165, 1.54) is 0 Å². The van der Waals surface area contributed by atoms with Gasteiger partial charge < -0.3 is 19.9 Å². The van der Waals surface area contributed by atoms with Crippen molar-refractivity contribution in [2.45, 2.75) is 13.3 Å². The van der Waals surface area contributed by atoms with Crippen molar-refractivity contribution in [1.82, 2.24) is 0 Å². The van der Waals surface area contributed by atoms with E-state index in [-0.39, 0.29) is 0 Å². The molecule has 0 amide bonds. The molecule has 0 saturated heterocycles.